The van der Waals surface area contributed by atoms with Gasteiger partial charge in [-0.3, -0.25) is 0 Å². The summed E-state index contributed by atoms with van der Waals surface area (Å²) in [6.45, 7) is 0.00107. The van der Waals surface area contributed by atoms with E-state index in [4.69, 9.17) is 17.3 Å². The molecule has 0 saturated carbocycles. The van der Waals surface area contributed by atoms with Crippen molar-refractivity contribution in [3.05, 3.63) is 28.8 Å². The maximum absolute atomic E-state index is 12.2. The molecule has 0 saturated heterocycles. The van der Waals surface area contributed by atoms with Crippen LogP contribution in [0.4, 0.5) is 26.3 Å². The number of halogens is 7. The lowest BCUT2D eigenvalue weighted by atomic mass is 10.2. The van der Waals surface area contributed by atoms with E-state index in [-0.39, 0.29) is 11.6 Å². The molecule has 2 N–H and O–H groups in total. The summed E-state index contributed by atoms with van der Waals surface area (Å²) < 4.78 is 77.4. The van der Waals surface area contributed by atoms with E-state index in [0.717, 1.165) is 12.1 Å². The Morgan fingerprint density at radius 1 is 1.11 bits per heavy atom. The van der Waals surface area contributed by atoms with Crippen molar-refractivity contribution in [2.24, 2.45) is 5.73 Å². The topological polar surface area (TPSA) is 35.2 Å². The Kier molecular flexibility index (Phi) is 4.57. The summed E-state index contributed by atoms with van der Waals surface area (Å²) in [5.74, 6) is -0.637. The third kappa shape index (κ3) is 4.17. The quantitative estimate of drug-likeness (QED) is 0.865. The molecule has 0 aliphatic heterocycles. The first-order valence-electron chi connectivity index (χ1n) is 4.84. The first-order valence-corrected chi connectivity index (χ1v) is 5.22. The van der Waals surface area contributed by atoms with Crippen LogP contribution in [0.3, 0.4) is 0 Å². The number of nitrogens with two attached hydrogens (primary N) is 1. The van der Waals surface area contributed by atoms with Crippen molar-refractivity contribution < 1.29 is 31.1 Å². The summed E-state index contributed by atoms with van der Waals surface area (Å²) in [6.07, 6.45) is -15.0. The molecule has 1 aromatic carbocycles. The van der Waals surface area contributed by atoms with Gasteiger partial charge in [-0.2, -0.15) is 26.3 Å². The monoisotopic (exact) mass is 307 g/mol. The molecule has 0 aliphatic rings. The minimum atomic E-state index is -5.57. The normalized spacial score (nSPS) is 12.9. The highest BCUT2D eigenvalue weighted by Crippen LogP contribution is 2.37. The van der Waals surface area contributed by atoms with Crippen LogP contribution < -0.4 is 10.5 Å². The van der Waals surface area contributed by atoms with Gasteiger partial charge in [0.15, 0.2) is 0 Å². The highest BCUT2D eigenvalue weighted by molar-refractivity contribution is 6.31. The third-order valence-corrected chi connectivity index (χ3v) is 2.44. The fourth-order valence-electron chi connectivity index (χ4n) is 1.22. The lowest BCUT2D eigenvalue weighted by Gasteiger charge is -2.24. The van der Waals surface area contributed by atoms with Crippen molar-refractivity contribution in [1.82, 2.24) is 0 Å². The first kappa shape index (κ1) is 15.9. The summed E-state index contributed by atoms with van der Waals surface area (Å²) in [5.41, 5.74) is 5.63. The number of alkyl halides is 6. The lowest BCUT2D eigenvalue weighted by Crippen LogP contribution is -2.46. The molecule has 19 heavy (non-hydrogen) atoms. The Morgan fingerprint density at radius 3 is 2.00 bits per heavy atom. The van der Waals surface area contributed by atoms with E-state index in [0.29, 0.717) is 5.56 Å². The van der Waals surface area contributed by atoms with Crippen molar-refractivity contribution in [3.8, 4) is 5.75 Å². The number of ether oxygens (including phenoxy) is 1. The molecule has 108 valence electrons. The second-order valence-corrected chi connectivity index (χ2v) is 3.95. The minimum Gasteiger partial charge on any atom is -0.471 e. The number of benzene rings is 1. The SMILES string of the molecule is NCc1ccc(OC(C(F)(F)F)C(F)(F)F)cc1Cl. The molecule has 9 heteroatoms. The Morgan fingerprint density at radius 2 is 1.63 bits per heavy atom. The van der Waals surface area contributed by atoms with Crippen LogP contribution in [0.15, 0.2) is 18.2 Å². The van der Waals surface area contributed by atoms with Gasteiger partial charge in [0.05, 0.1) is 0 Å². The molecular weight excluding hydrogens is 300 g/mol. The van der Waals surface area contributed by atoms with Crippen LogP contribution in [0.2, 0.25) is 5.02 Å². The van der Waals surface area contributed by atoms with Gasteiger partial charge in [0, 0.05) is 11.6 Å². The summed E-state index contributed by atoms with van der Waals surface area (Å²) in [7, 11) is 0. The molecule has 0 heterocycles. The standard InChI is InChI=1S/C10H8ClF6NO/c11-7-3-6(2-1-5(7)4-18)19-8(9(12,13)14)10(15,16)17/h1-3,8H,4,18H2. The van der Waals surface area contributed by atoms with Crippen LogP contribution in [0.25, 0.3) is 0 Å². The van der Waals surface area contributed by atoms with Crippen molar-refractivity contribution in [2.75, 3.05) is 0 Å². The van der Waals surface area contributed by atoms with E-state index in [9.17, 15) is 26.3 Å². The molecule has 1 rings (SSSR count). The van der Waals surface area contributed by atoms with Crippen molar-refractivity contribution in [2.45, 2.75) is 25.0 Å². The van der Waals surface area contributed by atoms with Crippen LogP contribution in [0, 0.1) is 0 Å². The molecule has 0 bridgehead atoms. The van der Waals surface area contributed by atoms with Gasteiger partial charge < -0.3 is 10.5 Å². The Labute approximate surface area is 109 Å². The average molecular weight is 308 g/mol. The van der Waals surface area contributed by atoms with Crippen LogP contribution in [0.5, 0.6) is 5.75 Å². The van der Waals surface area contributed by atoms with E-state index in [1.165, 1.54) is 6.07 Å². The van der Waals surface area contributed by atoms with Crippen LogP contribution in [-0.4, -0.2) is 18.5 Å². The number of hydrogen-bond donors (Lipinski definition) is 1. The van der Waals surface area contributed by atoms with E-state index in [1.807, 2.05) is 0 Å². The van der Waals surface area contributed by atoms with E-state index >= 15 is 0 Å². The maximum Gasteiger partial charge on any atom is 0.434 e. The van der Waals surface area contributed by atoms with Gasteiger partial charge in [-0.05, 0) is 17.7 Å². The Balaban J connectivity index is 3.01. The highest BCUT2D eigenvalue weighted by Gasteiger charge is 2.59. The Hall–Kier alpha value is -1.15. The molecule has 0 radical (unpaired) electrons. The fourth-order valence-corrected chi connectivity index (χ4v) is 1.47. The summed E-state index contributed by atoms with van der Waals surface area (Å²) in [6, 6.07) is 2.99. The fraction of sp³-hybridized carbons (Fsp3) is 0.400. The van der Waals surface area contributed by atoms with Crippen LogP contribution >= 0.6 is 11.6 Å². The van der Waals surface area contributed by atoms with Gasteiger partial charge in [0.25, 0.3) is 6.10 Å². The highest BCUT2D eigenvalue weighted by atomic mass is 35.5. The molecule has 0 fully saturated rings. The zero-order chi connectivity index (χ0) is 14.8. The molecule has 0 spiro atoms. The van der Waals surface area contributed by atoms with Crippen molar-refractivity contribution in [1.29, 1.82) is 0 Å². The molecule has 0 aliphatic carbocycles. The second kappa shape index (κ2) is 5.46. The van der Waals surface area contributed by atoms with Crippen LogP contribution in [0.1, 0.15) is 5.56 Å². The van der Waals surface area contributed by atoms with Gasteiger partial charge >= 0.3 is 12.4 Å². The van der Waals surface area contributed by atoms with E-state index < -0.39 is 24.2 Å². The predicted octanol–water partition coefficient (Wildman–Crippen LogP) is 3.67. The largest absolute Gasteiger partial charge is 0.471 e. The first-order chi connectivity index (χ1) is 8.55. The van der Waals surface area contributed by atoms with Crippen LogP contribution in [-0.2, 0) is 6.54 Å². The molecule has 1 aromatic rings. The zero-order valence-corrected chi connectivity index (χ0v) is 9.90. The smallest absolute Gasteiger partial charge is 0.434 e. The summed E-state index contributed by atoms with van der Waals surface area (Å²) in [5, 5.41) is -0.0666. The van der Waals surface area contributed by atoms with Gasteiger partial charge in [-0.25, -0.2) is 0 Å². The summed E-state index contributed by atoms with van der Waals surface area (Å²) >= 11 is 5.62. The van der Waals surface area contributed by atoms with Crippen molar-refractivity contribution >= 4 is 11.6 Å². The predicted molar refractivity (Wildman–Crippen MR) is 55.9 cm³/mol. The molecule has 0 atom stereocenters. The van der Waals surface area contributed by atoms with Gasteiger partial charge in [-0.1, -0.05) is 17.7 Å². The van der Waals surface area contributed by atoms with Crippen molar-refractivity contribution in [3.63, 3.8) is 0 Å². The van der Waals surface area contributed by atoms with E-state index in [2.05, 4.69) is 4.74 Å². The second-order valence-electron chi connectivity index (χ2n) is 3.54. The molecule has 0 aromatic heterocycles. The number of rotatable bonds is 3. The summed E-state index contributed by atoms with van der Waals surface area (Å²) in [4.78, 5) is 0. The average Bonchev–Trinajstić information content (AvgIpc) is 2.23. The molecule has 0 amide bonds. The van der Waals surface area contributed by atoms with E-state index in [1.54, 1.807) is 0 Å². The van der Waals surface area contributed by atoms with Gasteiger partial charge in [0.2, 0.25) is 0 Å². The molecular formula is C10H8ClF6NO. The minimum absolute atomic E-state index is 0.00107. The third-order valence-electron chi connectivity index (χ3n) is 2.09. The zero-order valence-electron chi connectivity index (χ0n) is 9.15. The maximum atomic E-state index is 12.2. The molecule has 0 unspecified atom stereocenters. The van der Waals surface area contributed by atoms with Gasteiger partial charge in [-0.15, -0.1) is 0 Å². The number of hydrogen-bond acceptors (Lipinski definition) is 2. The molecule has 2 nitrogen and oxygen atoms in total. The lowest BCUT2D eigenvalue weighted by molar-refractivity contribution is -0.299. The van der Waals surface area contributed by atoms with Gasteiger partial charge in [0.1, 0.15) is 5.75 Å². The Bertz CT molecular complexity index is 431.